The molecule has 0 radical (unpaired) electrons. The highest BCUT2D eigenvalue weighted by atomic mass is 35.5. The predicted molar refractivity (Wildman–Crippen MR) is 101 cm³/mol. The molecule has 30 heavy (non-hydrogen) atoms. The van der Waals surface area contributed by atoms with Crippen LogP contribution in [0.5, 0.6) is 0 Å². The van der Waals surface area contributed by atoms with Gasteiger partial charge in [-0.05, 0) is 18.2 Å². The van der Waals surface area contributed by atoms with Crippen molar-refractivity contribution in [3.8, 4) is 11.3 Å². The molecule has 0 bridgehead atoms. The number of rotatable bonds is 3. The first-order valence-corrected chi connectivity index (χ1v) is 8.99. The van der Waals surface area contributed by atoms with Gasteiger partial charge in [-0.15, -0.1) is 0 Å². The van der Waals surface area contributed by atoms with Crippen molar-refractivity contribution in [3.05, 3.63) is 88.2 Å². The molecule has 0 spiro atoms. The van der Waals surface area contributed by atoms with Gasteiger partial charge >= 0.3 is 6.18 Å². The molecule has 0 N–H and O–H groups in total. The Morgan fingerprint density at radius 2 is 1.57 bits per heavy atom. The van der Waals surface area contributed by atoms with Crippen molar-refractivity contribution in [1.29, 1.82) is 0 Å². The van der Waals surface area contributed by atoms with Gasteiger partial charge in [0.05, 0.1) is 17.8 Å². The van der Waals surface area contributed by atoms with E-state index in [9.17, 15) is 26.3 Å². The zero-order chi connectivity index (χ0) is 21.6. The molecule has 0 aliphatic rings. The zero-order valence-corrected chi connectivity index (χ0v) is 15.7. The minimum atomic E-state index is -4.68. The summed E-state index contributed by atoms with van der Waals surface area (Å²) in [7, 11) is 0. The van der Waals surface area contributed by atoms with Crippen molar-refractivity contribution in [2.75, 3.05) is 0 Å². The van der Waals surface area contributed by atoms with Gasteiger partial charge in [-0.3, -0.25) is 4.68 Å². The van der Waals surface area contributed by atoms with Gasteiger partial charge in [-0.1, -0.05) is 35.9 Å². The van der Waals surface area contributed by atoms with Gasteiger partial charge < -0.3 is 0 Å². The number of hydrogen-bond acceptors (Lipinski definition) is 1. The van der Waals surface area contributed by atoms with Crippen LogP contribution in [0.1, 0.15) is 11.1 Å². The van der Waals surface area contributed by atoms with Crippen LogP contribution in [0.4, 0.5) is 26.3 Å². The quantitative estimate of drug-likeness (QED) is 0.319. The molecule has 3 aromatic carbocycles. The molecule has 4 aromatic rings. The number of nitrogens with zero attached hydrogens (tertiary/aromatic N) is 2. The summed E-state index contributed by atoms with van der Waals surface area (Å²) in [6.45, 7) is -0.550. The van der Waals surface area contributed by atoms with Crippen molar-refractivity contribution >= 4 is 22.5 Å². The van der Waals surface area contributed by atoms with E-state index < -0.39 is 41.3 Å². The second kappa shape index (κ2) is 7.36. The lowest BCUT2D eigenvalue weighted by molar-refractivity contribution is -0.136. The van der Waals surface area contributed by atoms with Crippen molar-refractivity contribution in [1.82, 2.24) is 9.78 Å². The van der Waals surface area contributed by atoms with Crippen molar-refractivity contribution in [3.63, 3.8) is 0 Å². The maximum absolute atomic E-state index is 14.2. The normalized spacial score (nSPS) is 12.0. The molecule has 0 amide bonds. The van der Waals surface area contributed by atoms with Gasteiger partial charge in [0.2, 0.25) is 0 Å². The molecule has 9 heteroatoms. The van der Waals surface area contributed by atoms with E-state index in [0.717, 1.165) is 10.7 Å². The Morgan fingerprint density at radius 1 is 0.900 bits per heavy atom. The second-order valence-corrected chi connectivity index (χ2v) is 7.00. The molecule has 154 valence electrons. The Kier molecular flexibility index (Phi) is 4.97. The molecule has 0 unspecified atom stereocenters. The zero-order valence-electron chi connectivity index (χ0n) is 14.9. The molecule has 0 aliphatic carbocycles. The predicted octanol–water partition coefficient (Wildman–Crippen LogP) is 6.84. The molecular formula is C21H11ClF6N2. The monoisotopic (exact) mass is 440 g/mol. The molecule has 0 fully saturated rings. The van der Waals surface area contributed by atoms with E-state index in [2.05, 4.69) is 5.10 Å². The van der Waals surface area contributed by atoms with Crippen LogP contribution in [-0.2, 0) is 12.7 Å². The molecule has 0 saturated heterocycles. The number of halogens is 7. The van der Waals surface area contributed by atoms with Crippen LogP contribution < -0.4 is 0 Å². The van der Waals surface area contributed by atoms with Crippen LogP contribution in [0.15, 0.2) is 54.6 Å². The standard InChI is InChI=1S/C21H11ClF6N2/c22-12-4-1-3-11(7-12)20-14-5-2-6-16(21(26,27)28)19(14)29-30(20)10-15-17(24)8-13(23)9-18(15)25/h1-9H,10H2. The first-order chi connectivity index (χ1) is 14.1. The van der Waals surface area contributed by atoms with Crippen LogP contribution >= 0.6 is 11.6 Å². The van der Waals surface area contributed by atoms with E-state index in [-0.39, 0.29) is 16.6 Å². The lowest BCUT2D eigenvalue weighted by Gasteiger charge is -2.10. The molecule has 1 heterocycles. The number of alkyl halides is 3. The van der Waals surface area contributed by atoms with Crippen LogP contribution in [-0.4, -0.2) is 9.78 Å². The van der Waals surface area contributed by atoms with Crippen LogP contribution in [0.25, 0.3) is 22.2 Å². The molecular weight excluding hydrogens is 430 g/mol. The van der Waals surface area contributed by atoms with Gasteiger partial charge in [0.25, 0.3) is 0 Å². The Bertz CT molecular complexity index is 1240. The number of benzene rings is 3. The Morgan fingerprint density at radius 3 is 2.20 bits per heavy atom. The number of aromatic nitrogens is 2. The average molecular weight is 441 g/mol. The van der Waals surface area contributed by atoms with E-state index in [1.807, 2.05) is 0 Å². The lowest BCUT2D eigenvalue weighted by Crippen LogP contribution is -2.09. The number of hydrogen-bond donors (Lipinski definition) is 0. The third-order valence-electron chi connectivity index (χ3n) is 4.59. The minimum absolute atomic E-state index is 0.134. The summed E-state index contributed by atoms with van der Waals surface area (Å²) in [5.41, 5.74) is -1.28. The van der Waals surface area contributed by atoms with E-state index in [4.69, 9.17) is 11.6 Å². The van der Waals surface area contributed by atoms with Crippen LogP contribution in [0.2, 0.25) is 5.02 Å². The van der Waals surface area contributed by atoms with E-state index in [1.165, 1.54) is 18.2 Å². The lowest BCUT2D eigenvalue weighted by atomic mass is 10.0. The largest absolute Gasteiger partial charge is 0.418 e. The summed E-state index contributed by atoms with van der Waals surface area (Å²) in [6.07, 6.45) is -4.68. The van der Waals surface area contributed by atoms with Crippen molar-refractivity contribution in [2.45, 2.75) is 12.7 Å². The highest BCUT2D eigenvalue weighted by molar-refractivity contribution is 6.30. The molecule has 0 atom stereocenters. The summed E-state index contributed by atoms with van der Waals surface area (Å²) in [5.74, 6) is -3.44. The average Bonchev–Trinajstić information content (AvgIpc) is 3.01. The fourth-order valence-corrected chi connectivity index (χ4v) is 3.50. The molecule has 2 nitrogen and oxygen atoms in total. The van der Waals surface area contributed by atoms with Gasteiger partial charge in [0, 0.05) is 33.7 Å². The summed E-state index contributed by atoms with van der Waals surface area (Å²) in [6, 6.07) is 10.8. The van der Waals surface area contributed by atoms with Crippen molar-refractivity contribution < 1.29 is 26.3 Å². The molecule has 0 aliphatic heterocycles. The molecule has 0 saturated carbocycles. The maximum Gasteiger partial charge on any atom is 0.418 e. The summed E-state index contributed by atoms with van der Waals surface area (Å²) in [4.78, 5) is 0. The van der Waals surface area contributed by atoms with Gasteiger partial charge in [0.15, 0.2) is 0 Å². The summed E-state index contributed by atoms with van der Waals surface area (Å²) in [5, 5.41) is 4.46. The van der Waals surface area contributed by atoms with Crippen LogP contribution in [0.3, 0.4) is 0 Å². The SMILES string of the molecule is Fc1cc(F)c(Cn2nc3c(C(F)(F)F)cccc3c2-c2cccc(Cl)c2)c(F)c1. The van der Waals surface area contributed by atoms with Crippen molar-refractivity contribution in [2.24, 2.45) is 0 Å². The van der Waals surface area contributed by atoms with Crippen LogP contribution in [0, 0.1) is 17.5 Å². The summed E-state index contributed by atoms with van der Waals surface area (Å²) >= 11 is 6.03. The number of fused-ring (bicyclic) bond motifs is 1. The Balaban J connectivity index is 2.00. The topological polar surface area (TPSA) is 17.8 Å². The smallest absolute Gasteiger partial charge is 0.259 e. The third-order valence-corrected chi connectivity index (χ3v) is 4.82. The summed E-state index contributed by atoms with van der Waals surface area (Å²) < 4.78 is 83.2. The minimum Gasteiger partial charge on any atom is -0.259 e. The highest BCUT2D eigenvalue weighted by Gasteiger charge is 2.34. The fourth-order valence-electron chi connectivity index (χ4n) is 3.31. The second-order valence-electron chi connectivity index (χ2n) is 6.56. The maximum atomic E-state index is 14.2. The molecule has 4 rings (SSSR count). The van der Waals surface area contributed by atoms with Gasteiger partial charge in [-0.2, -0.15) is 18.3 Å². The van der Waals surface area contributed by atoms with Gasteiger partial charge in [0.1, 0.15) is 23.0 Å². The first-order valence-electron chi connectivity index (χ1n) is 8.61. The molecule has 1 aromatic heterocycles. The first kappa shape index (κ1) is 20.3. The fraction of sp³-hybridized carbons (Fsp3) is 0.0952. The van der Waals surface area contributed by atoms with E-state index in [1.54, 1.807) is 18.2 Å². The van der Waals surface area contributed by atoms with Gasteiger partial charge in [-0.25, -0.2) is 13.2 Å². The van der Waals surface area contributed by atoms with E-state index in [0.29, 0.717) is 22.7 Å². The van der Waals surface area contributed by atoms with E-state index >= 15 is 0 Å². The highest BCUT2D eigenvalue weighted by Crippen LogP contribution is 2.38. The Hall–Kier alpha value is -3.00. The Labute approximate surface area is 171 Å². The third kappa shape index (κ3) is 3.63.